The van der Waals surface area contributed by atoms with Gasteiger partial charge in [-0.05, 0) is 70.6 Å². The Labute approximate surface area is 438 Å². The zero-order chi connectivity index (χ0) is 50.6. The van der Waals surface area contributed by atoms with E-state index in [9.17, 15) is 9.59 Å². The Balaban J connectivity index is 4.20. The average Bonchev–Trinajstić information content (AvgIpc) is 3.36. The maximum atomic E-state index is 12.9. The topological polar surface area (TPSA) is 61.8 Å². The molecule has 414 valence electrons. The number of carbonyl (C=O) groups excluding carboxylic acids is 2. The molecule has 70 heavy (non-hydrogen) atoms. The molecule has 5 heteroatoms. The molecule has 0 saturated heterocycles. The molecular formula is C65H124O5. The van der Waals surface area contributed by atoms with Gasteiger partial charge >= 0.3 is 11.9 Å². The van der Waals surface area contributed by atoms with E-state index in [-0.39, 0.29) is 18.5 Å². The van der Waals surface area contributed by atoms with Gasteiger partial charge in [0.05, 0.1) is 6.61 Å². The minimum atomic E-state index is -0.532. The summed E-state index contributed by atoms with van der Waals surface area (Å²) in [6, 6.07) is 0. The molecule has 0 aliphatic heterocycles. The molecule has 1 unspecified atom stereocenters. The first-order valence-corrected chi connectivity index (χ1v) is 31.9. The number of unbranched alkanes of at least 4 members (excludes halogenated alkanes) is 45. The summed E-state index contributed by atoms with van der Waals surface area (Å²) in [7, 11) is 0. The third-order valence-corrected chi connectivity index (χ3v) is 14.5. The molecule has 0 saturated carbocycles. The third kappa shape index (κ3) is 58.9. The predicted molar refractivity (Wildman–Crippen MR) is 307 cm³/mol. The monoisotopic (exact) mass is 985 g/mol. The standard InChI is InChI=1S/C65H124O5/c1-4-7-10-13-16-19-22-25-28-30-32-34-36-39-42-45-48-51-54-57-60-68-61-63(70-65(67)59-56-53-50-47-44-41-37-27-24-21-18-15-12-9-6-3)62-69-64(66)58-55-52-49-46-43-40-38-35-33-31-29-26-23-20-17-14-11-8-5-2/h25-26,28-29,63H,4-24,27,30-62H2,1-3H3/b28-25-,29-26-. The summed E-state index contributed by atoms with van der Waals surface area (Å²) in [6.07, 6.45) is 75.0. The summed E-state index contributed by atoms with van der Waals surface area (Å²) in [5.74, 6) is -0.374. The van der Waals surface area contributed by atoms with E-state index in [0.29, 0.717) is 26.1 Å². The normalized spacial score (nSPS) is 12.2. The molecule has 5 nitrogen and oxygen atoms in total. The van der Waals surface area contributed by atoms with Crippen LogP contribution in [0.5, 0.6) is 0 Å². The van der Waals surface area contributed by atoms with Crippen molar-refractivity contribution >= 4 is 11.9 Å². The number of esters is 2. The molecule has 1 atom stereocenters. The number of allylic oxidation sites excluding steroid dienone is 4. The van der Waals surface area contributed by atoms with Crippen molar-refractivity contribution in [2.24, 2.45) is 0 Å². The molecule has 0 aromatic heterocycles. The third-order valence-electron chi connectivity index (χ3n) is 14.5. The van der Waals surface area contributed by atoms with Crippen molar-refractivity contribution in [1.82, 2.24) is 0 Å². The SMILES string of the molecule is CCCCCCCC/C=C\CCCCCCCCCCCCOCC(COC(=O)CCCCCCCCCCC/C=C\CCCCCCCC)OC(=O)CCCCCCCCCCCCCCCCC. The number of ether oxygens (including phenoxy) is 3. The fraction of sp³-hybridized carbons (Fsp3) is 0.908. The molecule has 0 aliphatic carbocycles. The Morgan fingerprint density at radius 1 is 0.300 bits per heavy atom. The molecule has 0 aromatic rings. The highest BCUT2D eigenvalue weighted by Gasteiger charge is 2.18. The van der Waals surface area contributed by atoms with Crippen molar-refractivity contribution < 1.29 is 23.8 Å². The molecule has 0 N–H and O–H groups in total. The Hall–Kier alpha value is -1.62. The van der Waals surface area contributed by atoms with Crippen molar-refractivity contribution in [3.63, 3.8) is 0 Å². The quantitative estimate of drug-likeness (QED) is 0.0345. The van der Waals surface area contributed by atoms with E-state index >= 15 is 0 Å². The van der Waals surface area contributed by atoms with Gasteiger partial charge in [0.1, 0.15) is 6.61 Å². The fourth-order valence-corrected chi connectivity index (χ4v) is 9.68. The molecular weight excluding hydrogens is 861 g/mol. The van der Waals surface area contributed by atoms with Gasteiger partial charge in [-0.15, -0.1) is 0 Å². The van der Waals surface area contributed by atoms with E-state index in [4.69, 9.17) is 14.2 Å². The van der Waals surface area contributed by atoms with Gasteiger partial charge in [-0.25, -0.2) is 0 Å². The van der Waals surface area contributed by atoms with E-state index in [2.05, 4.69) is 45.1 Å². The lowest BCUT2D eigenvalue weighted by Gasteiger charge is -2.18. The van der Waals surface area contributed by atoms with Gasteiger partial charge in [-0.1, -0.05) is 295 Å². The van der Waals surface area contributed by atoms with E-state index in [1.807, 2.05) is 0 Å². The molecule has 0 amide bonds. The molecule has 0 aliphatic rings. The van der Waals surface area contributed by atoms with Gasteiger partial charge in [-0.2, -0.15) is 0 Å². The summed E-state index contributed by atoms with van der Waals surface area (Å²) >= 11 is 0. The summed E-state index contributed by atoms with van der Waals surface area (Å²) < 4.78 is 17.6. The Morgan fingerprint density at radius 2 is 0.557 bits per heavy atom. The molecule has 0 spiro atoms. The van der Waals surface area contributed by atoms with Gasteiger partial charge in [0, 0.05) is 19.4 Å². The molecule has 0 heterocycles. The van der Waals surface area contributed by atoms with Crippen LogP contribution in [0.25, 0.3) is 0 Å². The average molecular weight is 986 g/mol. The van der Waals surface area contributed by atoms with Gasteiger partial charge < -0.3 is 14.2 Å². The fourth-order valence-electron chi connectivity index (χ4n) is 9.68. The van der Waals surface area contributed by atoms with Crippen LogP contribution in [0.15, 0.2) is 24.3 Å². The Kier molecular flexibility index (Phi) is 60.3. The summed E-state index contributed by atoms with van der Waals surface area (Å²) in [5, 5.41) is 0. The van der Waals surface area contributed by atoms with Crippen molar-refractivity contribution in [3.05, 3.63) is 24.3 Å². The van der Waals surface area contributed by atoms with Crippen LogP contribution in [-0.2, 0) is 23.8 Å². The molecule has 0 fully saturated rings. The van der Waals surface area contributed by atoms with Crippen molar-refractivity contribution in [2.75, 3.05) is 19.8 Å². The van der Waals surface area contributed by atoms with Crippen LogP contribution in [0.4, 0.5) is 0 Å². The van der Waals surface area contributed by atoms with Gasteiger partial charge in [-0.3, -0.25) is 9.59 Å². The Morgan fingerprint density at radius 3 is 0.871 bits per heavy atom. The van der Waals surface area contributed by atoms with Crippen LogP contribution in [0.3, 0.4) is 0 Å². The first kappa shape index (κ1) is 68.4. The minimum absolute atomic E-state index is 0.0916. The number of rotatable bonds is 60. The second-order valence-electron chi connectivity index (χ2n) is 21.7. The maximum absolute atomic E-state index is 12.9. The van der Waals surface area contributed by atoms with Crippen molar-refractivity contribution in [1.29, 1.82) is 0 Å². The summed E-state index contributed by atoms with van der Waals surface area (Å²) in [4.78, 5) is 25.6. The molecule has 0 radical (unpaired) electrons. The zero-order valence-electron chi connectivity index (χ0n) is 47.8. The van der Waals surface area contributed by atoms with Crippen LogP contribution >= 0.6 is 0 Å². The number of carbonyl (C=O) groups is 2. The molecule has 0 bridgehead atoms. The smallest absolute Gasteiger partial charge is 0.306 e. The number of hydrogen-bond acceptors (Lipinski definition) is 5. The van der Waals surface area contributed by atoms with Gasteiger partial charge in [0.2, 0.25) is 0 Å². The van der Waals surface area contributed by atoms with E-state index < -0.39 is 6.10 Å². The van der Waals surface area contributed by atoms with Crippen LogP contribution in [0.1, 0.15) is 355 Å². The lowest BCUT2D eigenvalue weighted by atomic mass is 10.0. The van der Waals surface area contributed by atoms with Crippen molar-refractivity contribution in [3.8, 4) is 0 Å². The maximum Gasteiger partial charge on any atom is 0.306 e. The molecule has 0 aromatic carbocycles. The van der Waals surface area contributed by atoms with Crippen LogP contribution in [-0.4, -0.2) is 37.9 Å². The van der Waals surface area contributed by atoms with Crippen LogP contribution in [0, 0.1) is 0 Å². The highest BCUT2D eigenvalue weighted by Crippen LogP contribution is 2.17. The second-order valence-corrected chi connectivity index (χ2v) is 21.7. The Bertz CT molecular complexity index is 1070. The summed E-state index contributed by atoms with van der Waals surface area (Å²) in [6.45, 7) is 7.90. The van der Waals surface area contributed by atoms with E-state index in [1.54, 1.807) is 0 Å². The van der Waals surface area contributed by atoms with E-state index in [0.717, 1.165) is 32.1 Å². The highest BCUT2D eigenvalue weighted by atomic mass is 16.6. The first-order chi connectivity index (χ1) is 34.6. The predicted octanol–water partition coefficient (Wildman–Crippen LogP) is 21.9. The van der Waals surface area contributed by atoms with Gasteiger partial charge in [0.15, 0.2) is 6.10 Å². The lowest BCUT2D eigenvalue weighted by molar-refractivity contribution is -0.163. The van der Waals surface area contributed by atoms with Crippen LogP contribution in [0.2, 0.25) is 0 Å². The lowest BCUT2D eigenvalue weighted by Crippen LogP contribution is -2.30. The second kappa shape index (κ2) is 61.7. The number of hydrogen-bond donors (Lipinski definition) is 0. The summed E-state index contributed by atoms with van der Waals surface area (Å²) in [5.41, 5.74) is 0. The highest BCUT2D eigenvalue weighted by molar-refractivity contribution is 5.70. The zero-order valence-corrected chi connectivity index (χ0v) is 47.8. The van der Waals surface area contributed by atoms with E-state index in [1.165, 1.54) is 289 Å². The largest absolute Gasteiger partial charge is 0.462 e. The molecule has 0 rings (SSSR count). The first-order valence-electron chi connectivity index (χ1n) is 31.9. The van der Waals surface area contributed by atoms with Crippen LogP contribution < -0.4 is 0 Å². The minimum Gasteiger partial charge on any atom is -0.462 e. The van der Waals surface area contributed by atoms with Crippen molar-refractivity contribution in [2.45, 2.75) is 361 Å². The van der Waals surface area contributed by atoms with Gasteiger partial charge in [0.25, 0.3) is 0 Å².